The number of aryl methyl sites for hydroxylation is 4. The third-order valence-electron chi connectivity index (χ3n) is 10.0. The number of hydrogen-bond donors (Lipinski definition) is 6. The number of carbonyl (C=O) groups excluding carboxylic acids is 2. The SMILES string of the molecule is CCOC(C)=O.CCOC(C)=O.Cc1ccc(S(=O)(=O)Nc2cc(C)c(O)c(-c3c(O)c(O)c(-c4c(C)c(NS(=O)(=O)c5ccc(C)cc5)cc(C)c4O)c4ccccc34)c2C)cc1. The van der Waals surface area contributed by atoms with Crippen LogP contribution >= 0.6 is 0 Å². The van der Waals surface area contributed by atoms with Crippen molar-refractivity contribution >= 4 is 54.1 Å². The lowest BCUT2D eigenvalue weighted by molar-refractivity contribution is -0.141. The van der Waals surface area contributed by atoms with E-state index in [-0.39, 0.29) is 78.0 Å². The third kappa shape index (κ3) is 11.2. The average molecular weight is 915 g/mol. The second-order valence-corrected chi connectivity index (χ2v) is 18.2. The van der Waals surface area contributed by atoms with Gasteiger partial charge < -0.3 is 29.9 Å². The van der Waals surface area contributed by atoms with Crippen molar-refractivity contribution in [2.75, 3.05) is 22.7 Å². The monoisotopic (exact) mass is 914 g/mol. The Hall–Kier alpha value is -6.78. The average Bonchev–Trinajstić information content (AvgIpc) is 3.22. The normalized spacial score (nSPS) is 11.1. The van der Waals surface area contributed by atoms with Crippen LogP contribution in [0.2, 0.25) is 0 Å². The van der Waals surface area contributed by atoms with E-state index < -0.39 is 31.5 Å². The zero-order valence-electron chi connectivity index (χ0n) is 37.4. The lowest BCUT2D eigenvalue weighted by atomic mass is 9.85. The minimum atomic E-state index is -4.06. The number of benzene rings is 6. The molecule has 64 heavy (non-hydrogen) atoms. The number of anilines is 2. The Balaban J connectivity index is 0.000000660. The molecule has 0 heterocycles. The van der Waals surface area contributed by atoms with Crippen LogP contribution in [0.25, 0.3) is 33.0 Å². The number of ether oxygens (including phenoxy) is 2. The Labute approximate surface area is 374 Å². The Bertz CT molecular complexity index is 2730. The first-order valence-corrected chi connectivity index (χ1v) is 23.0. The van der Waals surface area contributed by atoms with Gasteiger partial charge in [-0.1, -0.05) is 59.7 Å². The van der Waals surface area contributed by atoms with Crippen LogP contribution in [-0.2, 0) is 39.1 Å². The fourth-order valence-electron chi connectivity index (χ4n) is 6.79. The summed E-state index contributed by atoms with van der Waals surface area (Å²) >= 11 is 0. The minimum Gasteiger partial charge on any atom is -0.507 e. The molecule has 340 valence electrons. The van der Waals surface area contributed by atoms with Crippen LogP contribution in [0.15, 0.2) is 94.7 Å². The summed E-state index contributed by atoms with van der Waals surface area (Å²) in [6.07, 6.45) is 0. The zero-order chi connectivity index (χ0) is 47.8. The molecule has 0 saturated carbocycles. The van der Waals surface area contributed by atoms with E-state index in [1.807, 2.05) is 13.8 Å². The summed E-state index contributed by atoms with van der Waals surface area (Å²) in [7, 11) is -8.11. The molecular weight excluding hydrogens is 861 g/mol. The highest BCUT2D eigenvalue weighted by atomic mass is 32.2. The van der Waals surface area contributed by atoms with Gasteiger partial charge in [-0.15, -0.1) is 0 Å². The predicted molar refractivity (Wildman–Crippen MR) is 249 cm³/mol. The lowest BCUT2D eigenvalue weighted by Crippen LogP contribution is -2.14. The molecule has 0 spiro atoms. The van der Waals surface area contributed by atoms with Crippen LogP contribution in [0.5, 0.6) is 23.0 Å². The van der Waals surface area contributed by atoms with Gasteiger partial charge in [0.05, 0.1) is 34.4 Å². The van der Waals surface area contributed by atoms with Crippen LogP contribution < -0.4 is 9.44 Å². The van der Waals surface area contributed by atoms with E-state index in [4.69, 9.17) is 0 Å². The van der Waals surface area contributed by atoms with Crippen molar-refractivity contribution < 1.29 is 56.3 Å². The van der Waals surface area contributed by atoms with E-state index in [1.165, 1.54) is 50.2 Å². The smallest absolute Gasteiger partial charge is 0.302 e. The minimum absolute atomic E-state index is 0.0245. The van der Waals surface area contributed by atoms with Crippen LogP contribution in [0.4, 0.5) is 11.4 Å². The first-order valence-electron chi connectivity index (χ1n) is 20.1. The molecule has 0 atom stereocenters. The van der Waals surface area contributed by atoms with Gasteiger partial charge in [0.25, 0.3) is 20.0 Å². The highest BCUT2D eigenvalue weighted by molar-refractivity contribution is 7.93. The molecule has 0 fully saturated rings. The molecule has 6 rings (SSSR count). The van der Waals surface area contributed by atoms with Gasteiger partial charge in [-0.25, -0.2) is 16.8 Å². The summed E-state index contributed by atoms with van der Waals surface area (Å²) in [5, 5.41) is 47.3. The number of aromatic hydroxyl groups is 4. The van der Waals surface area contributed by atoms with Crippen molar-refractivity contribution in [2.45, 2.75) is 79.0 Å². The molecule has 0 saturated heterocycles. The topological polar surface area (TPSA) is 226 Å². The number of rotatable bonds is 10. The maximum absolute atomic E-state index is 13.4. The van der Waals surface area contributed by atoms with Gasteiger partial charge in [0.15, 0.2) is 11.5 Å². The molecule has 0 aliphatic carbocycles. The summed E-state index contributed by atoms with van der Waals surface area (Å²) < 4.78 is 67.7. The van der Waals surface area contributed by atoms with Crippen molar-refractivity contribution in [3.63, 3.8) is 0 Å². The molecule has 0 aliphatic rings. The molecule has 0 aliphatic heterocycles. The largest absolute Gasteiger partial charge is 0.507 e. The van der Waals surface area contributed by atoms with Gasteiger partial charge in [-0.05, 0) is 125 Å². The van der Waals surface area contributed by atoms with E-state index in [1.54, 1.807) is 90.1 Å². The molecule has 0 aromatic heterocycles. The summed E-state index contributed by atoms with van der Waals surface area (Å²) in [4.78, 5) is 19.7. The van der Waals surface area contributed by atoms with E-state index in [2.05, 4.69) is 18.9 Å². The fourth-order valence-corrected chi connectivity index (χ4v) is 9.02. The molecule has 0 bridgehead atoms. The fraction of sp³-hybridized carbons (Fsp3) is 0.250. The predicted octanol–water partition coefficient (Wildman–Crippen LogP) is 9.59. The molecule has 16 heteroatoms. The Kier molecular flexibility index (Phi) is 16.1. The zero-order valence-corrected chi connectivity index (χ0v) is 39.0. The summed E-state index contributed by atoms with van der Waals surface area (Å²) in [5.74, 6) is -2.20. The Morgan fingerprint density at radius 1 is 0.500 bits per heavy atom. The van der Waals surface area contributed by atoms with Gasteiger partial charge in [-0.3, -0.25) is 19.0 Å². The number of fused-ring (bicyclic) bond motifs is 1. The van der Waals surface area contributed by atoms with Crippen molar-refractivity contribution in [3.05, 3.63) is 118 Å². The van der Waals surface area contributed by atoms with Crippen molar-refractivity contribution in [1.29, 1.82) is 0 Å². The standard InChI is InChI=1S/C40H38N2O8S2.2C4H8O2/c1-21-11-15-27(16-12-21)51(47,48)41-31-19-23(3)37(43)33(25(31)5)35-29-9-7-8-10-30(29)36(40(46)39(35)45)34-26(6)32(20-24(4)38(34)44)42-52(49,50)28-17-13-22(2)14-18-28;2*1-3-6-4(2)5/h7-20,41-46H,1-6H3;2*3H2,1-2H3. The summed E-state index contributed by atoms with van der Waals surface area (Å²) in [6.45, 7) is 17.3. The van der Waals surface area contributed by atoms with Crippen molar-refractivity contribution in [1.82, 2.24) is 0 Å². The second kappa shape index (κ2) is 20.6. The van der Waals surface area contributed by atoms with E-state index in [0.29, 0.717) is 35.1 Å². The quantitative estimate of drug-likeness (QED) is 0.0429. The van der Waals surface area contributed by atoms with Crippen LogP contribution in [0.1, 0.15) is 61.1 Å². The highest BCUT2D eigenvalue weighted by Gasteiger charge is 2.30. The number of esters is 2. The molecule has 6 aromatic carbocycles. The van der Waals surface area contributed by atoms with Gasteiger partial charge in [-0.2, -0.15) is 0 Å². The Morgan fingerprint density at radius 2 is 0.812 bits per heavy atom. The number of sulfonamides is 2. The van der Waals surface area contributed by atoms with E-state index >= 15 is 0 Å². The van der Waals surface area contributed by atoms with E-state index in [9.17, 15) is 46.9 Å². The van der Waals surface area contributed by atoms with Crippen molar-refractivity contribution in [3.8, 4) is 45.3 Å². The maximum Gasteiger partial charge on any atom is 0.302 e. The number of nitrogens with one attached hydrogen (secondary N) is 2. The molecule has 0 unspecified atom stereocenters. The first-order chi connectivity index (χ1) is 30.0. The number of phenols is 4. The van der Waals surface area contributed by atoms with Gasteiger partial charge in [0.2, 0.25) is 0 Å². The number of hydrogen-bond acceptors (Lipinski definition) is 12. The van der Waals surface area contributed by atoms with Crippen LogP contribution in [-0.4, -0.2) is 62.4 Å². The summed E-state index contributed by atoms with van der Waals surface area (Å²) in [5.41, 5.74) is 3.41. The Morgan fingerprint density at radius 3 is 1.08 bits per heavy atom. The lowest BCUT2D eigenvalue weighted by Gasteiger charge is -2.23. The molecule has 0 amide bonds. The van der Waals surface area contributed by atoms with Gasteiger partial charge >= 0.3 is 11.9 Å². The molecule has 6 aromatic rings. The maximum atomic E-state index is 13.4. The first kappa shape index (κ1) is 49.9. The van der Waals surface area contributed by atoms with Crippen molar-refractivity contribution in [2.24, 2.45) is 0 Å². The number of carbonyl (C=O) groups is 2. The number of phenolic OH excluding ortho intramolecular Hbond substituents is 4. The van der Waals surface area contributed by atoms with E-state index in [0.717, 1.165) is 11.1 Å². The van der Waals surface area contributed by atoms with Gasteiger partial charge in [0, 0.05) is 36.1 Å². The molecule has 0 radical (unpaired) electrons. The molecule has 14 nitrogen and oxygen atoms in total. The second-order valence-electron chi connectivity index (χ2n) is 14.9. The third-order valence-corrected chi connectivity index (χ3v) is 12.8. The summed E-state index contributed by atoms with van der Waals surface area (Å²) in [6, 6.07) is 22.3. The highest BCUT2D eigenvalue weighted by Crippen LogP contribution is 2.55. The molecule has 6 N–H and O–H groups in total. The van der Waals surface area contributed by atoms with Crippen LogP contribution in [0, 0.1) is 41.5 Å². The van der Waals surface area contributed by atoms with Crippen LogP contribution in [0.3, 0.4) is 0 Å². The van der Waals surface area contributed by atoms with Gasteiger partial charge in [0.1, 0.15) is 11.5 Å². The molecular formula is C48H54N2O12S2.